The van der Waals surface area contributed by atoms with Crippen LogP contribution in [0.5, 0.6) is 0 Å². The summed E-state index contributed by atoms with van der Waals surface area (Å²) in [4.78, 5) is 21.5. The van der Waals surface area contributed by atoms with Gasteiger partial charge in [-0.3, -0.25) is 4.79 Å². The summed E-state index contributed by atoms with van der Waals surface area (Å²) in [5.41, 5.74) is 4.60. The van der Waals surface area contributed by atoms with Crippen LogP contribution in [0.2, 0.25) is 0 Å². The number of hydrogen-bond acceptors (Lipinski definition) is 4. The van der Waals surface area contributed by atoms with Crippen molar-refractivity contribution in [1.82, 2.24) is 9.97 Å². The summed E-state index contributed by atoms with van der Waals surface area (Å²) in [5.74, 6) is 0.276. The van der Waals surface area contributed by atoms with Gasteiger partial charge in [0.25, 0.3) is 0 Å². The molecular formula is C23H20N4O. The van der Waals surface area contributed by atoms with Crippen molar-refractivity contribution in [3.8, 4) is 11.3 Å². The van der Waals surface area contributed by atoms with Gasteiger partial charge >= 0.3 is 0 Å². The molecule has 0 bridgehead atoms. The quantitative estimate of drug-likeness (QED) is 0.538. The number of carbonyl (C=O) groups excluding carboxylic acids is 1. The largest absolute Gasteiger partial charge is 0.345 e. The first kappa shape index (κ1) is 17.7. The monoisotopic (exact) mass is 368 g/mol. The van der Waals surface area contributed by atoms with Crippen LogP contribution in [0.4, 0.5) is 11.6 Å². The molecule has 3 aromatic carbocycles. The van der Waals surface area contributed by atoms with E-state index in [4.69, 9.17) is 0 Å². The number of benzene rings is 3. The van der Waals surface area contributed by atoms with Crippen LogP contribution in [0.25, 0.3) is 22.2 Å². The van der Waals surface area contributed by atoms with Crippen LogP contribution in [0, 0.1) is 6.92 Å². The number of carbonyl (C=O) groups is 1. The highest BCUT2D eigenvalue weighted by Gasteiger charge is 2.11. The summed E-state index contributed by atoms with van der Waals surface area (Å²) in [7, 11) is 0. The molecule has 28 heavy (non-hydrogen) atoms. The number of fused-ring (bicyclic) bond motifs is 1. The Bertz CT molecular complexity index is 1110. The second-order valence-electron chi connectivity index (χ2n) is 6.55. The minimum Gasteiger partial charge on any atom is -0.345 e. The maximum atomic E-state index is 12.2. The molecule has 4 aromatic rings. The summed E-state index contributed by atoms with van der Waals surface area (Å²) < 4.78 is 0. The molecule has 0 radical (unpaired) electrons. The van der Waals surface area contributed by atoms with Gasteiger partial charge in [-0.25, -0.2) is 9.97 Å². The van der Waals surface area contributed by atoms with Gasteiger partial charge in [-0.15, -0.1) is 0 Å². The third kappa shape index (κ3) is 3.99. The van der Waals surface area contributed by atoms with Crippen molar-refractivity contribution in [2.24, 2.45) is 0 Å². The van der Waals surface area contributed by atoms with Gasteiger partial charge in [0.1, 0.15) is 0 Å². The van der Waals surface area contributed by atoms with Gasteiger partial charge in [0.05, 0.1) is 17.8 Å². The minimum atomic E-state index is -0.153. The minimum absolute atomic E-state index is 0.0838. The van der Waals surface area contributed by atoms with Crippen LogP contribution >= 0.6 is 0 Å². The van der Waals surface area contributed by atoms with Gasteiger partial charge in [0.15, 0.2) is 0 Å². The molecule has 0 atom stereocenters. The van der Waals surface area contributed by atoms with Crippen LogP contribution < -0.4 is 10.6 Å². The van der Waals surface area contributed by atoms with Crippen LogP contribution in [0.15, 0.2) is 78.9 Å². The highest BCUT2D eigenvalue weighted by Crippen LogP contribution is 2.27. The summed E-state index contributed by atoms with van der Waals surface area (Å²) >= 11 is 0. The Balaban J connectivity index is 1.61. The van der Waals surface area contributed by atoms with Gasteiger partial charge in [-0.2, -0.15) is 0 Å². The van der Waals surface area contributed by atoms with E-state index in [-0.39, 0.29) is 12.5 Å². The fourth-order valence-electron chi connectivity index (χ4n) is 3.02. The first-order valence-corrected chi connectivity index (χ1v) is 9.12. The third-order valence-corrected chi connectivity index (χ3v) is 4.36. The molecule has 0 saturated heterocycles. The maximum Gasteiger partial charge on any atom is 0.243 e. The van der Waals surface area contributed by atoms with Crippen molar-refractivity contribution >= 4 is 28.4 Å². The average molecular weight is 368 g/mol. The number of para-hydroxylation sites is 1. The lowest BCUT2D eigenvalue weighted by Gasteiger charge is -2.11. The Morgan fingerprint density at radius 2 is 1.61 bits per heavy atom. The van der Waals surface area contributed by atoms with Crippen molar-refractivity contribution in [1.29, 1.82) is 0 Å². The fraction of sp³-hybridized carbons (Fsp3) is 0.0870. The van der Waals surface area contributed by atoms with E-state index < -0.39 is 0 Å². The third-order valence-electron chi connectivity index (χ3n) is 4.36. The molecule has 5 nitrogen and oxygen atoms in total. The lowest BCUT2D eigenvalue weighted by Crippen LogP contribution is -2.22. The zero-order chi connectivity index (χ0) is 19.3. The van der Waals surface area contributed by atoms with E-state index in [0.717, 1.165) is 33.4 Å². The number of aromatic nitrogens is 2. The maximum absolute atomic E-state index is 12.2. The first-order chi connectivity index (χ1) is 13.7. The van der Waals surface area contributed by atoms with Crippen LogP contribution in [-0.2, 0) is 4.79 Å². The van der Waals surface area contributed by atoms with E-state index in [1.165, 1.54) is 0 Å². The van der Waals surface area contributed by atoms with Crippen molar-refractivity contribution in [2.45, 2.75) is 6.92 Å². The van der Waals surface area contributed by atoms with Crippen LogP contribution in [0.1, 0.15) is 5.56 Å². The Labute approximate surface area is 163 Å². The van der Waals surface area contributed by atoms with E-state index >= 15 is 0 Å². The summed E-state index contributed by atoms with van der Waals surface area (Å²) in [6, 6.07) is 25.4. The molecule has 0 aliphatic heterocycles. The molecule has 1 amide bonds. The average Bonchev–Trinajstić information content (AvgIpc) is 2.73. The number of anilines is 2. The molecule has 0 saturated carbocycles. The summed E-state index contributed by atoms with van der Waals surface area (Å²) in [6.07, 6.45) is 0. The van der Waals surface area contributed by atoms with Gasteiger partial charge in [-0.1, -0.05) is 60.2 Å². The number of nitrogens with one attached hydrogen (secondary N) is 2. The van der Waals surface area contributed by atoms with Crippen LogP contribution in [-0.4, -0.2) is 22.4 Å². The molecule has 138 valence electrons. The van der Waals surface area contributed by atoms with Gasteiger partial charge in [0.2, 0.25) is 11.9 Å². The summed E-state index contributed by atoms with van der Waals surface area (Å²) in [6.45, 7) is 2.13. The van der Waals surface area contributed by atoms with E-state index in [0.29, 0.717) is 5.95 Å². The second-order valence-corrected chi connectivity index (χ2v) is 6.55. The summed E-state index contributed by atoms with van der Waals surface area (Å²) in [5, 5.41) is 6.88. The smallest absolute Gasteiger partial charge is 0.243 e. The second kappa shape index (κ2) is 7.88. The predicted octanol–water partition coefficient (Wildman–Crippen LogP) is 4.66. The topological polar surface area (TPSA) is 66.9 Å². The molecular weight excluding hydrogens is 348 g/mol. The molecule has 0 aliphatic rings. The molecule has 4 rings (SSSR count). The zero-order valence-electron chi connectivity index (χ0n) is 15.5. The Kier molecular flexibility index (Phi) is 4.97. The lowest BCUT2D eigenvalue weighted by molar-refractivity contribution is -0.114. The van der Waals surface area contributed by atoms with Gasteiger partial charge in [-0.05, 0) is 31.2 Å². The van der Waals surface area contributed by atoms with Crippen LogP contribution in [0.3, 0.4) is 0 Å². The highest BCUT2D eigenvalue weighted by atomic mass is 16.1. The Morgan fingerprint density at radius 1 is 0.893 bits per heavy atom. The molecule has 0 unspecified atom stereocenters. The number of rotatable bonds is 5. The van der Waals surface area contributed by atoms with Crippen molar-refractivity contribution in [3.63, 3.8) is 0 Å². The predicted molar refractivity (Wildman–Crippen MR) is 113 cm³/mol. The molecule has 2 N–H and O–H groups in total. The standard InChI is InChI=1S/C23H20N4O/c1-16-12-13-20-19(14-16)22(17-8-4-2-5-9-17)27-23(26-20)24-15-21(28)25-18-10-6-3-7-11-18/h2-14H,15H2,1H3,(H,25,28)(H,24,26,27). The van der Waals surface area contributed by atoms with E-state index in [1.807, 2.05) is 79.7 Å². The van der Waals surface area contributed by atoms with Gasteiger partial charge < -0.3 is 10.6 Å². The molecule has 0 fully saturated rings. The molecule has 5 heteroatoms. The van der Waals surface area contributed by atoms with Crippen molar-refractivity contribution in [2.75, 3.05) is 17.2 Å². The van der Waals surface area contributed by atoms with Gasteiger partial charge in [0, 0.05) is 16.6 Å². The SMILES string of the molecule is Cc1ccc2nc(NCC(=O)Nc3ccccc3)nc(-c3ccccc3)c2c1. The number of hydrogen-bond donors (Lipinski definition) is 2. The zero-order valence-corrected chi connectivity index (χ0v) is 15.5. The highest BCUT2D eigenvalue weighted by molar-refractivity contribution is 5.95. The Hall–Kier alpha value is -3.73. The molecule has 0 aliphatic carbocycles. The normalized spacial score (nSPS) is 10.6. The Morgan fingerprint density at radius 3 is 2.36 bits per heavy atom. The first-order valence-electron chi connectivity index (χ1n) is 9.12. The van der Waals surface area contributed by atoms with Crippen molar-refractivity contribution < 1.29 is 4.79 Å². The number of aryl methyl sites for hydroxylation is 1. The fourth-order valence-corrected chi connectivity index (χ4v) is 3.02. The molecule has 0 spiro atoms. The van der Waals surface area contributed by atoms with E-state index in [1.54, 1.807) is 0 Å². The lowest BCUT2D eigenvalue weighted by atomic mass is 10.0. The number of nitrogens with zero attached hydrogens (tertiary/aromatic N) is 2. The number of amides is 1. The molecule has 1 heterocycles. The van der Waals surface area contributed by atoms with Crippen molar-refractivity contribution in [3.05, 3.63) is 84.4 Å². The molecule has 1 aromatic heterocycles. The van der Waals surface area contributed by atoms with E-state index in [9.17, 15) is 4.79 Å². The van der Waals surface area contributed by atoms with E-state index in [2.05, 4.69) is 26.7 Å².